The van der Waals surface area contributed by atoms with Gasteiger partial charge >= 0.3 is 5.97 Å². The lowest BCUT2D eigenvalue weighted by atomic mass is 10.3. The predicted octanol–water partition coefficient (Wildman–Crippen LogP) is 2.25. The number of carbonyl (C=O) groups excluding carboxylic acids is 1. The van der Waals surface area contributed by atoms with E-state index in [0.717, 1.165) is 11.3 Å². The Labute approximate surface area is 160 Å². The second-order valence-corrected chi connectivity index (χ2v) is 6.36. The minimum atomic E-state index is -0.620. The first-order chi connectivity index (χ1) is 13.5. The Morgan fingerprint density at radius 2 is 1.86 bits per heavy atom. The molecule has 8 heteroatoms. The molecule has 0 aliphatic rings. The van der Waals surface area contributed by atoms with Crippen LogP contribution < -0.4 is 5.56 Å². The van der Waals surface area contributed by atoms with Crippen molar-refractivity contribution in [2.45, 2.75) is 20.5 Å². The Hall–Kier alpha value is -3.81. The van der Waals surface area contributed by atoms with Crippen LogP contribution in [0.25, 0.3) is 11.3 Å². The van der Waals surface area contributed by atoms with Gasteiger partial charge in [0.15, 0.2) is 5.69 Å². The molecule has 0 saturated carbocycles. The van der Waals surface area contributed by atoms with Crippen molar-refractivity contribution in [1.29, 1.82) is 0 Å². The van der Waals surface area contributed by atoms with E-state index in [9.17, 15) is 9.59 Å². The minimum Gasteiger partial charge on any atom is -0.454 e. The van der Waals surface area contributed by atoms with E-state index in [4.69, 9.17) is 4.74 Å². The van der Waals surface area contributed by atoms with Gasteiger partial charge in [-0.3, -0.25) is 9.20 Å². The van der Waals surface area contributed by atoms with Crippen LogP contribution in [0, 0.1) is 13.8 Å². The third kappa shape index (κ3) is 3.39. The zero-order valence-electron chi connectivity index (χ0n) is 15.4. The average molecular weight is 375 g/mol. The number of esters is 1. The van der Waals surface area contributed by atoms with Crippen LogP contribution in [0.1, 0.15) is 27.4 Å². The smallest absolute Gasteiger partial charge is 0.361 e. The SMILES string of the molecule is Cc1ccc2nc(COC(=O)c3nn(-c4ccccc4)nc3C)cc(=O)n2c1. The summed E-state index contributed by atoms with van der Waals surface area (Å²) < 4.78 is 6.76. The molecule has 1 aromatic carbocycles. The van der Waals surface area contributed by atoms with Crippen LogP contribution in [0.4, 0.5) is 0 Å². The van der Waals surface area contributed by atoms with Gasteiger partial charge in [-0.15, -0.1) is 5.10 Å². The number of hydrogen-bond donors (Lipinski definition) is 0. The van der Waals surface area contributed by atoms with E-state index in [2.05, 4.69) is 15.2 Å². The van der Waals surface area contributed by atoms with Crippen molar-refractivity contribution in [2.75, 3.05) is 0 Å². The lowest BCUT2D eigenvalue weighted by Crippen LogP contribution is -2.17. The molecule has 0 amide bonds. The molecule has 0 bridgehead atoms. The Bertz CT molecular complexity index is 1230. The molecule has 0 radical (unpaired) electrons. The average Bonchev–Trinajstić information content (AvgIpc) is 3.09. The lowest BCUT2D eigenvalue weighted by molar-refractivity contribution is 0.0459. The summed E-state index contributed by atoms with van der Waals surface area (Å²) >= 11 is 0. The summed E-state index contributed by atoms with van der Waals surface area (Å²) in [4.78, 5) is 30.4. The number of nitrogens with zero attached hydrogens (tertiary/aromatic N) is 5. The number of aryl methyl sites for hydroxylation is 2. The van der Waals surface area contributed by atoms with Crippen LogP contribution in [-0.2, 0) is 11.3 Å². The van der Waals surface area contributed by atoms with Gasteiger partial charge in [-0.05, 0) is 37.6 Å². The number of benzene rings is 1. The van der Waals surface area contributed by atoms with Crippen LogP contribution >= 0.6 is 0 Å². The van der Waals surface area contributed by atoms with Crippen molar-refractivity contribution in [1.82, 2.24) is 24.4 Å². The summed E-state index contributed by atoms with van der Waals surface area (Å²) in [6.45, 7) is 3.45. The molecule has 0 N–H and O–H groups in total. The molecule has 8 nitrogen and oxygen atoms in total. The number of pyridine rings is 1. The van der Waals surface area contributed by atoms with Gasteiger partial charge in [0, 0.05) is 12.3 Å². The molecule has 0 spiro atoms. The van der Waals surface area contributed by atoms with Crippen molar-refractivity contribution < 1.29 is 9.53 Å². The second kappa shape index (κ2) is 7.07. The summed E-state index contributed by atoms with van der Waals surface area (Å²) in [5, 5.41) is 8.47. The van der Waals surface area contributed by atoms with E-state index in [1.54, 1.807) is 19.2 Å². The van der Waals surface area contributed by atoms with Gasteiger partial charge in [0.1, 0.15) is 12.3 Å². The normalized spacial score (nSPS) is 10.9. The van der Waals surface area contributed by atoms with E-state index in [1.807, 2.05) is 43.3 Å². The zero-order chi connectivity index (χ0) is 19.7. The maximum absolute atomic E-state index is 12.4. The highest BCUT2D eigenvalue weighted by atomic mass is 16.5. The van der Waals surface area contributed by atoms with Crippen LogP contribution in [0.15, 0.2) is 59.5 Å². The third-order valence-electron chi connectivity index (χ3n) is 4.17. The molecular formula is C20H17N5O3. The molecule has 3 heterocycles. The minimum absolute atomic E-state index is 0.122. The van der Waals surface area contributed by atoms with Gasteiger partial charge < -0.3 is 4.74 Å². The quantitative estimate of drug-likeness (QED) is 0.508. The van der Waals surface area contributed by atoms with E-state index >= 15 is 0 Å². The topological polar surface area (TPSA) is 91.4 Å². The number of aromatic nitrogens is 5. The first kappa shape index (κ1) is 17.6. The van der Waals surface area contributed by atoms with E-state index in [-0.39, 0.29) is 17.9 Å². The summed E-state index contributed by atoms with van der Waals surface area (Å²) in [5.41, 5.74) is 2.90. The molecule has 28 heavy (non-hydrogen) atoms. The number of carbonyl (C=O) groups is 1. The predicted molar refractivity (Wildman–Crippen MR) is 101 cm³/mol. The molecule has 0 aliphatic heterocycles. The number of para-hydroxylation sites is 1. The van der Waals surface area contributed by atoms with Crippen LogP contribution in [0.2, 0.25) is 0 Å². The Balaban J connectivity index is 1.54. The fourth-order valence-corrected chi connectivity index (χ4v) is 2.78. The van der Waals surface area contributed by atoms with Gasteiger partial charge in [-0.25, -0.2) is 9.78 Å². The third-order valence-corrected chi connectivity index (χ3v) is 4.17. The van der Waals surface area contributed by atoms with Crippen LogP contribution in [0.3, 0.4) is 0 Å². The van der Waals surface area contributed by atoms with Crippen molar-refractivity contribution in [2.24, 2.45) is 0 Å². The van der Waals surface area contributed by atoms with Gasteiger partial charge in [0.05, 0.1) is 17.1 Å². The highest BCUT2D eigenvalue weighted by Crippen LogP contribution is 2.10. The van der Waals surface area contributed by atoms with Gasteiger partial charge in [0.2, 0.25) is 0 Å². The Morgan fingerprint density at radius 3 is 2.64 bits per heavy atom. The van der Waals surface area contributed by atoms with Gasteiger partial charge in [-0.2, -0.15) is 9.90 Å². The first-order valence-corrected chi connectivity index (χ1v) is 8.67. The molecule has 4 rings (SSSR count). The molecule has 0 aliphatic carbocycles. The van der Waals surface area contributed by atoms with Gasteiger partial charge in [0.25, 0.3) is 5.56 Å². The number of ether oxygens (including phenoxy) is 1. The second-order valence-electron chi connectivity index (χ2n) is 6.36. The maximum atomic E-state index is 12.4. The highest BCUT2D eigenvalue weighted by Gasteiger charge is 2.18. The fraction of sp³-hybridized carbons (Fsp3) is 0.150. The van der Waals surface area contributed by atoms with Crippen molar-refractivity contribution in [3.8, 4) is 5.69 Å². The Morgan fingerprint density at radius 1 is 1.07 bits per heavy atom. The number of fused-ring (bicyclic) bond motifs is 1. The molecule has 0 saturated heterocycles. The molecule has 0 fully saturated rings. The van der Waals surface area contributed by atoms with Crippen LogP contribution in [0.5, 0.6) is 0 Å². The maximum Gasteiger partial charge on any atom is 0.361 e. The van der Waals surface area contributed by atoms with E-state index in [0.29, 0.717) is 17.0 Å². The first-order valence-electron chi connectivity index (χ1n) is 8.67. The summed E-state index contributed by atoms with van der Waals surface area (Å²) in [6.07, 6.45) is 1.71. The fourth-order valence-electron chi connectivity index (χ4n) is 2.78. The molecule has 0 atom stereocenters. The molecular weight excluding hydrogens is 358 g/mol. The summed E-state index contributed by atoms with van der Waals surface area (Å²) in [7, 11) is 0. The Kier molecular flexibility index (Phi) is 4.44. The molecule has 0 unspecified atom stereocenters. The largest absolute Gasteiger partial charge is 0.454 e. The van der Waals surface area contributed by atoms with Crippen LogP contribution in [-0.4, -0.2) is 30.3 Å². The zero-order valence-corrected chi connectivity index (χ0v) is 15.4. The highest BCUT2D eigenvalue weighted by molar-refractivity contribution is 5.88. The lowest BCUT2D eigenvalue weighted by Gasteiger charge is -2.06. The van der Waals surface area contributed by atoms with E-state index in [1.165, 1.54) is 15.3 Å². The molecule has 4 aromatic rings. The number of rotatable bonds is 4. The van der Waals surface area contributed by atoms with E-state index < -0.39 is 5.97 Å². The molecule has 140 valence electrons. The summed E-state index contributed by atoms with van der Waals surface area (Å²) in [6, 6.07) is 14.2. The molecule has 3 aromatic heterocycles. The summed E-state index contributed by atoms with van der Waals surface area (Å²) in [5.74, 6) is -0.620. The van der Waals surface area contributed by atoms with Gasteiger partial charge in [-0.1, -0.05) is 24.3 Å². The monoisotopic (exact) mass is 375 g/mol. The van der Waals surface area contributed by atoms with Crippen molar-refractivity contribution in [3.63, 3.8) is 0 Å². The number of hydrogen-bond acceptors (Lipinski definition) is 6. The standard InChI is InChI=1S/C20H17N5O3/c1-13-8-9-17-21-15(10-18(26)24(17)11-13)12-28-20(27)19-14(2)22-25(23-19)16-6-4-3-5-7-16/h3-11H,12H2,1-2H3. The van der Waals surface area contributed by atoms with Crippen molar-refractivity contribution in [3.05, 3.63) is 87.7 Å². The van der Waals surface area contributed by atoms with Crippen molar-refractivity contribution >= 4 is 11.6 Å².